The Balaban J connectivity index is 1.67. The number of anilines is 1. The average molecular weight is 363 g/mol. The van der Waals surface area contributed by atoms with Gasteiger partial charge in [0.25, 0.3) is 0 Å². The summed E-state index contributed by atoms with van der Waals surface area (Å²) in [5.74, 6) is 1.42. The van der Waals surface area contributed by atoms with Crippen molar-refractivity contribution in [3.8, 4) is 11.5 Å². The summed E-state index contributed by atoms with van der Waals surface area (Å²) in [6.07, 6.45) is 1.22. The minimum atomic E-state index is -0.00441. The van der Waals surface area contributed by atoms with E-state index >= 15 is 0 Å². The van der Waals surface area contributed by atoms with Crippen LogP contribution in [0, 0.1) is 0 Å². The molecule has 0 aliphatic rings. The van der Waals surface area contributed by atoms with Crippen molar-refractivity contribution in [3.63, 3.8) is 0 Å². The summed E-state index contributed by atoms with van der Waals surface area (Å²) in [6, 6.07) is 12.9. The Hall–Kier alpha value is -2.24. The molecule has 5 nitrogen and oxygen atoms in total. The number of hydrogen-bond donors (Lipinski definition) is 2. The molecule has 2 aromatic rings. The molecule has 134 valence electrons. The number of methoxy groups -OCH3 is 2. The number of carbonyl (C=O) groups is 1. The van der Waals surface area contributed by atoms with Crippen molar-refractivity contribution in [1.29, 1.82) is 0 Å². The largest absolute Gasteiger partial charge is 0.493 e. The molecule has 0 aromatic heterocycles. The molecule has 0 saturated heterocycles. The van der Waals surface area contributed by atoms with Crippen molar-refractivity contribution in [2.45, 2.75) is 19.4 Å². The van der Waals surface area contributed by atoms with Crippen molar-refractivity contribution in [1.82, 2.24) is 5.32 Å². The first-order chi connectivity index (χ1) is 12.1. The van der Waals surface area contributed by atoms with Crippen LogP contribution in [0.3, 0.4) is 0 Å². The number of carbonyl (C=O) groups excluding carboxylic acids is 1. The predicted octanol–water partition coefficient (Wildman–Crippen LogP) is 3.87. The van der Waals surface area contributed by atoms with Crippen LogP contribution in [-0.4, -0.2) is 26.7 Å². The summed E-state index contributed by atoms with van der Waals surface area (Å²) in [4.78, 5) is 11.9. The summed E-state index contributed by atoms with van der Waals surface area (Å²) in [5, 5.41) is 6.82. The first-order valence-electron chi connectivity index (χ1n) is 8.09. The second-order valence-corrected chi connectivity index (χ2v) is 5.96. The molecule has 0 aliphatic heterocycles. The fraction of sp³-hybridized carbons (Fsp3) is 0.316. The van der Waals surface area contributed by atoms with E-state index < -0.39 is 0 Å². The number of rotatable bonds is 9. The van der Waals surface area contributed by atoms with Crippen molar-refractivity contribution in [2.75, 3.05) is 26.1 Å². The third-order valence-corrected chi connectivity index (χ3v) is 3.91. The van der Waals surface area contributed by atoms with E-state index in [0.29, 0.717) is 29.5 Å². The topological polar surface area (TPSA) is 59.6 Å². The highest BCUT2D eigenvalue weighted by atomic mass is 35.5. The summed E-state index contributed by atoms with van der Waals surface area (Å²) >= 11 is 5.82. The standard InChI is InChI=1S/C19H23ClN2O3/c1-24-17-10-5-14(12-18(17)25-2)13-21-11-3-4-19(23)22-16-8-6-15(20)7-9-16/h5-10,12,21H,3-4,11,13H2,1-2H3,(H,22,23). The quantitative estimate of drug-likeness (QED) is 0.665. The van der Waals surface area contributed by atoms with Gasteiger partial charge >= 0.3 is 0 Å². The molecule has 0 heterocycles. The van der Waals surface area contributed by atoms with Gasteiger partial charge in [-0.05, 0) is 54.9 Å². The number of ether oxygens (including phenoxy) is 2. The van der Waals surface area contributed by atoms with Gasteiger partial charge in [-0.2, -0.15) is 0 Å². The molecule has 2 aromatic carbocycles. The SMILES string of the molecule is COc1ccc(CNCCCC(=O)Nc2ccc(Cl)cc2)cc1OC. The Labute approximate surface area is 153 Å². The maximum atomic E-state index is 11.9. The first-order valence-corrected chi connectivity index (χ1v) is 8.47. The van der Waals surface area contributed by atoms with Gasteiger partial charge in [0, 0.05) is 23.7 Å². The fourth-order valence-electron chi connectivity index (χ4n) is 2.35. The van der Waals surface area contributed by atoms with E-state index in [1.54, 1.807) is 38.5 Å². The van der Waals surface area contributed by atoms with Crippen LogP contribution >= 0.6 is 11.6 Å². The molecular formula is C19H23ClN2O3. The minimum Gasteiger partial charge on any atom is -0.493 e. The Kier molecular flexibility index (Phi) is 7.57. The van der Waals surface area contributed by atoms with Crippen LogP contribution in [0.1, 0.15) is 18.4 Å². The van der Waals surface area contributed by atoms with Crippen LogP contribution in [-0.2, 0) is 11.3 Å². The Morgan fingerprint density at radius 1 is 1.04 bits per heavy atom. The van der Waals surface area contributed by atoms with E-state index in [1.165, 1.54) is 0 Å². The van der Waals surface area contributed by atoms with Crippen molar-refractivity contribution < 1.29 is 14.3 Å². The number of halogens is 1. The van der Waals surface area contributed by atoms with E-state index in [2.05, 4.69) is 10.6 Å². The van der Waals surface area contributed by atoms with Crippen LogP contribution < -0.4 is 20.1 Å². The third-order valence-electron chi connectivity index (χ3n) is 3.66. The monoisotopic (exact) mass is 362 g/mol. The second kappa shape index (κ2) is 9.91. The molecular weight excluding hydrogens is 340 g/mol. The lowest BCUT2D eigenvalue weighted by Crippen LogP contribution is -2.18. The average Bonchev–Trinajstić information content (AvgIpc) is 2.63. The summed E-state index contributed by atoms with van der Waals surface area (Å²) in [7, 11) is 3.24. The van der Waals surface area contributed by atoms with Gasteiger partial charge < -0.3 is 20.1 Å². The molecule has 6 heteroatoms. The van der Waals surface area contributed by atoms with E-state index in [0.717, 1.165) is 24.2 Å². The molecule has 0 saturated carbocycles. The molecule has 0 fully saturated rings. The molecule has 0 aliphatic carbocycles. The van der Waals surface area contributed by atoms with Gasteiger partial charge in [0.05, 0.1) is 14.2 Å². The molecule has 0 atom stereocenters. The summed E-state index contributed by atoms with van der Waals surface area (Å²) in [5.41, 5.74) is 1.86. The maximum Gasteiger partial charge on any atom is 0.224 e. The number of benzene rings is 2. The molecule has 2 N–H and O–H groups in total. The Bertz CT molecular complexity index is 690. The zero-order valence-corrected chi connectivity index (χ0v) is 15.2. The lowest BCUT2D eigenvalue weighted by atomic mass is 10.2. The van der Waals surface area contributed by atoms with Gasteiger partial charge in [0.15, 0.2) is 11.5 Å². The molecule has 2 rings (SSSR count). The van der Waals surface area contributed by atoms with Crippen LogP contribution in [0.25, 0.3) is 0 Å². The van der Waals surface area contributed by atoms with Crippen molar-refractivity contribution in [3.05, 3.63) is 53.1 Å². The molecule has 1 amide bonds. The van der Waals surface area contributed by atoms with Crippen LogP contribution in [0.5, 0.6) is 11.5 Å². The molecule has 0 bridgehead atoms. The molecule has 0 radical (unpaired) electrons. The molecule has 0 spiro atoms. The van der Waals surface area contributed by atoms with Crippen LogP contribution in [0.15, 0.2) is 42.5 Å². The highest BCUT2D eigenvalue weighted by molar-refractivity contribution is 6.30. The predicted molar refractivity (Wildman–Crippen MR) is 101 cm³/mol. The normalized spacial score (nSPS) is 10.4. The van der Waals surface area contributed by atoms with Crippen LogP contribution in [0.4, 0.5) is 5.69 Å². The van der Waals surface area contributed by atoms with Crippen molar-refractivity contribution in [2.24, 2.45) is 0 Å². The zero-order valence-electron chi connectivity index (χ0n) is 14.5. The Morgan fingerprint density at radius 2 is 1.76 bits per heavy atom. The van der Waals surface area contributed by atoms with Gasteiger partial charge in [-0.1, -0.05) is 17.7 Å². The van der Waals surface area contributed by atoms with Gasteiger partial charge in [-0.15, -0.1) is 0 Å². The number of amides is 1. The molecule has 0 unspecified atom stereocenters. The minimum absolute atomic E-state index is 0.00441. The number of hydrogen-bond acceptors (Lipinski definition) is 4. The highest BCUT2D eigenvalue weighted by Gasteiger charge is 2.05. The van der Waals surface area contributed by atoms with Gasteiger partial charge in [0.2, 0.25) is 5.91 Å². The lowest BCUT2D eigenvalue weighted by molar-refractivity contribution is -0.116. The highest BCUT2D eigenvalue weighted by Crippen LogP contribution is 2.27. The number of nitrogens with one attached hydrogen (secondary N) is 2. The summed E-state index contributed by atoms with van der Waals surface area (Å²) < 4.78 is 10.5. The van der Waals surface area contributed by atoms with Gasteiger partial charge in [-0.3, -0.25) is 4.79 Å². The van der Waals surface area contributed by atoms with Crippen molar-refractivity contribution >= 4 is 23.2 Å². The first kappa shape index (κ1) is 19.1. The van der Waals surface area contributed by atoms with Crippen LogP contribution in [0.2, 0.25) is 5.02 Å². The summed E-state index contributed by atoms with van der Waals surface area (Å²) in [6.45, 7) is 1.46. The Morgan fingerprint density at radius 3 is 2.44 bits per heavy atom. The van der Waals surface area contributed by atoms with E-state index in [4.69, 9.17) is 21.1 Å². The fourth-order valence-corrected chi connectivity index (χ4v) is 2.48. The third kappa shape index (κ3) is 6.29. The lowest BCUT2D eigenvalue weighted by Gasteiger charge is -2.10. The van der Waals surface area contributed by atoms with E-state index in [9.17, 15) is 4.79 Å². The van der Waals surface area contributed by atoms with E-state index in [-0.39, 0.29) is 5.91 Å². The van der Waals surface area contributed by atoms with E-state index in [1.807, 2.05) is 18.2 Å². The smallest absolute Gasteiger partial charge is 0.224 e. The zero-order chi connectivity index (χ0) is 18.1. The van der Waals surface area contributed by atoms with Gasteiger partial charge in [-0.25, -0.2) is 0 Å². The molecule has 25 heavy (non-hydrogen) atoms. The van der Waals surface area contributed by atoms with Gasteiger partial charge in [0.1, 0.15) is 0 Å². The maximum absolute atomic E-state index is 11.9. The second-order valence-electron chi connectivity index (χ2n) is 5.52.